The molecule has 1 aromatic rings. The quantitative estimate of drug-likeness (QED) is 0.715. The number of ether oxygens (including phenoxy) is 1. The second kappa shape index (κ2) is 6.88. The fourth-order valence-electron chi connectivity index (χ4n) is 2.89. The second-order valence-corrected chi connectivity index (χ2v) is 7.74. The summed E-state index contributed by atoms with van der Waals surface area (Å²) in [6.07, 6.45) is -0.593. The average Bonchev–Trinajstić information content (AvgIpc) is 3.02. The van der Waals surface area contributed by atoms with Crippen LogP contribution in [0.1, 0.15) is 0 Å². The summed E-state index contributed by atoms with van der Waals surface area (Å²) in [7, 11) is -3.49. The van der Waals surface area contributed by atoms with Gasteiger partial charge in [-0.05, 0) is 12.1 Å². The van der Waals surface area contributed by atoms with E-state index in [1.165, 1.54) is 4.31 Å². The van der Waals surface area contributed by atoms with E-state index in [0.717, 1.165) is 9.80 Å². The van der Waals surface area contributed by atoms with Gasteiger partial charge in [-0.2, -0.15) is 4.31 Å². The Balaban J connectivity index is 1.56. The lowest BCUT2D eigenvalue weighted by atomic mass is 10.3. The SMILES string of the molecule is O=C(C[NH+]1CCN(S(=O)(=O)c2ccccc2)CC1)N1CCOC1=O. The van der Waals surface area contributed by atoms with E-state index in [1.807, 2.05) is 0 Å². The van der Waals surface area contributed by atoms with E-state index in [9.17, 15) is 18.0 Å². The Bertz CT molecular complexity index is 714. The molecule has 0 bridgehead atoms. The molecule has 2 fully saturated rings. The molecule has 0 aromatic heterocycles. The van der Waals surface area contributed by atoms with E-state index in [0.29, 0.717) is 32.7 Å². The van der Waals surface area contributed by atoms with Crippen molar-refractivity contribution in [2.75, 3.05) is 45.9 Å². The van der Waals surface area contributed by atoms with Gasteiger partial charge in [-0.3, -0.25) is 4.79 Å². The fourth-order valence-corrected chi connectivity index (χ4v) is 4.35. The standard InChI is InChI=1S/C15H19N3O5S/c19-14(18-10-11-23-15(18)20)12-16-6-8-17(9-7-16)24(21,22)13-4-2-1-3-5-13/h1-5H,6-12H2/p+1. The Morgan fingerprint density at radius 3 is 2.38 bits per heavy atom. The van der Waals surface area contributed by atoms with Crippen molar-refractivity contribution in [3.05, 3.63) is 30.3 Å². The summed E-state index contributed by atoms with van der Waals surface area (Å²) in [6, 6.07) is 8.33. The Morgan fingerprint density at radius 2 is 1.79 bits per heavy atom. The minimum absolute atomic E-state index is 0.175. The average molecular weight is 354 g/mol. The van der Waals surface area contributed by atoms with Crippen molar-refractivity contribution < 1.29 is 27.6 Å². The van der Waals surface area contributed by atoms with Crippen LogP contribution >= 0.6 is 0 Å². The van der Waals surface area contributed by atoms with Crippen LogP contribution in [0.15, 0.2) is 35.2 Å². The number of carbonyl (C=O) groups is 2. The number of nitrogens with one attached hydrogen (secondary N) is 1. The molecule has 2 amide bonds. The molecular formula is C15H20N3O5S+. The molecule has 3 rings (SSSR count). The summed E-state index contributed by atoms with van der Waals surface area (Å²) in [5, 5.41) is 0. The summed E-state index contributed by atoms with van der Waals surface area (Å²) in [6.45, 7) is 2.47. The number of imide groups is 1. The molecule has 2 heterocycles. The van der Waals surface area contributed by atoms with Gasteiger partial charge >= 0.3 is 6.09 Å². The third kappa shape index (κ3) is 3.42. The van der Waals surface area contributed by atoms with E-state index in [1.54, 1.807) is 30.3 Å². The first-order valence-corrected chi connectivity index (χ1v) is 9.28. The first-order chi connectivity index (χ1) is 11.5. The first-order valence-electron chi connectivity index (χ1n) is 7.84. The summed E-state index contributed by atoms with van der Waals surface area (Å²) >= 11 is 0. The molecule has 0 saturated carbocycles. The lowest BCUT2D eigenvalue weighted by molar-refractivity contribution is -0.895. The van der Waals surface area contributed by atoms with Gasteiger partial charge in [0.2, 0.25) is 10.0 Å². The molecule has 130 valence electrons. The van der Waals surface area contributed by atoms with Crippen LogP contribution < -0.4 is 4.90 Å². The number of carbonyl (C=O) groups excluding carboxylic acids is 2. The highest BCUT2D eigenvalue weighted by molar-refractivity contribution is 7.89. The van der Waals surface area contributed by atoms with Crippen LogP contribution in [-0.4, -0.2) is 75.5 Å². The number of hydrogen-bond donors (Lipinski definition) is 1. The van der Waals surface area contributed by atoms with Crippen LogP contribution in [-0.2, 0) is 19.6 Å². The number of amides is 2. The molecule has 24 heavy (non-hydrogen) atoms. The van der Waals surface area contributed by atoms with Gasteiger partial charge in [0.05, 0.1) is 37.6 Å². The van der Waals surface area contributed by atoms with Crippen LogP contribution in [0.4, 0.5) is 4.79 Å². The van der Waals surface area contributed by atoms with Gasteiger partial charge in [-0.1, -0.05) is 18.2 Å². The van der Waals surface area contributed by atoms with Crippen LogP contribution in [0.25, 0.3) is 0 Å². The Labute approximate surface area is 140 Å². The van der Waals surface area contributed by atoms with Gasteiger partial charge in [0.25, 0.3) is 5.91 Å². The maximum absolute atomic E-state index is 12.5. The summed E-state index contributed by atoms with van der Waals surface area (Å²) < 4.78 is 31.3. The van der Waals surface area contributed by atoms with Gasteiger partial charge < -0.3 is 9.64 Å². The van der Waals surface area contributed by atoms with E-state index in [2.05, 4.69) is 0 Å². The largest absolute Gasteiger partial charge is 0.447 e. The third-order valence-electron chi connectivity index (χ3n) is 4.27. The maximum atomic E-state index is 12.5. The Kier molecular flexibility index (Phi) is 4.83. The lowest BCUT2D eigenvalue weighted by Gasteiger charge is -2.31. The van der Waals surface area contributed by atoms with Crippen LogP contribution in [0.5, 0.6) is 0 Å². The third-order valence-corrected chi connectivity index (χ3v) is 6.19. The molecule has 9 heteroatoms. The summed E-state index contributed by atoms with van der Waals surface area (Å²) in [5.41, 5.74) is 0. The fraction of sp³-hybridized carbons (Fsp3) is 0.467. The zero-order chi connectivity index (χ0) is 17.2. The van der Waals surface area contributed by atoms with Gasteiger partial charge in [0, 0.05) is 0 Å². The van der Waals surface area contributed by atoms with Gasteiger partial charge in [0.1, 0.15) is 6.61 Å². The number of sulfonamides is 1. The van der Waals surface area contributed by atoms with E-state index < -0.39 is 16.1 Å². The molecular weight excluding hydrogens is 334 g/mol. The van der Waals surface area contributed by atoms with Crippen molar-refractivity contribution in [3.63, 3.8) is 0 Å². The second-order valence-electron chi connectivity index (χ2n) is 5.80. The van der Waals surface area contributed by atoms with Crippen molar-refractivity contribution >= 4 is 22.0 Å². The summed E-state index contributed by atoms with van der Waals surface area (Å²) in [5.74, 6) is -0.271. The number of hydrogen-bond acceptors (Lipinski definition) is 5. The Hall–Kier alpha value is -1.97. The van der Waals surface area contributed by atoms with Crippen molar-refractivity contribution in [1.29, 1.82) is 0 Å². The minimum atomic E-state index is -3.49. The van der Waals surface area contributed by atoms with Gasteiger partial charge in [0.15, 0.2) is 6.54 Å². The highest BCUT2D eigenvalue weighted by Gasteiger charge is 2.34. The Morgan fingerprint density at radius 1 is 1.12 bits per heavy atom. The lowest BCUT2D eigenvalue weighted by Crippen LogP contribution is -3.15. The molecule has 0 atom stereocenters. The normalized spacial score (nSPS) is 20.2. The van der Waals surface area contributed by atoms with Crippen molar-refractivity contribution in [2.24, 2.45) is 0 Å². The topological polar surface area (TPSA) is 88.4 Å². The molecule has 8 nitrogen and oxygen atoms in total. The highest BCUT2D eigenvalue weighted by Crippen LogP contribution is 2.14. The predicted octanol–water partition coefficient (Wildman–Crippen LogP) is -1.45. The molecule has 1 N–H and O–H groups in total. The number of rotatable bonds is 4. The molecule has 0 unspecified atom stereocenters. The molecule has 0 radical (unpaired) electrons. The maximum Gasteiger partial charge on any atom is 0.416 e. The molecule has 1 aromatic carbocycles. The number of cyclic esters (lactones) is 1. The molecule has 0 aliphatic carbocycles. The van der Waals surface area contributed by atoms with E-state index >= 15 is 0 Å². The number of piperazine rings is 1. The smallest absolute Gasteiger partial charge is 0.416 e. The zero-order valence-electron chi connectivity index (χ0n) is 13.2. The minimum Gasteiger partial charge on any atom is -0.447 e. The van der Waals surface area contributed by atoms with Crippen molar-refractivity contribution in [2.45, 2.75) is 4.90 Å². The summed E-state index contributed by atoms with van der Waals surface area (Å²) in [4.78, 5) is 25.8. The highest BCUT2D eigenvalue weighted by atomic mass is 32.2. The van der Waals surface area contributed by atoms with Crippen molar-refractivity contribution in [3.8, 4) is 0 Å². The monoisotopic (exact) mass is 354 g/mol. The molecule has 2 saturated heterocycles. The first kappa shape index (κ1) is 16.9. The molecule has 0 spiro atoms. The van der Waals surface area contributed by atoms with Crippen LogP contribution in [0, 0.1) is 0 Å². The molecule has 2 aliphatic rings. The van der Waals surface area contributed by atoms with Crippen LogP contribution in [0.2, 0.25) is 0 Å². The van der Waals surface area contributed by atoms with Crippen LogP contribution in [0.3, 0.4) is 0 Å². The molecule has 2 aliphatic heterocycles. The van der Waals surface area contributed by atoms with E-state index in [-0.39, 0.29) is 24.0 Å². The van der Waals surface area contributed by atoms with E-state index in [4.69, 9.17) is 4.74 Å². The predicted molar refractivity (Wildman–Crippen MR) is 83.8 cm³/mol. The number of nitrogens with zero attached hydrogens (tertiary/aromatic N) is 2. The number of benzene rings is 1. The zero-order valence-corrected chi connectivity index (χ0v) is 14.0. The number of quaternary nitrogens is 1. The van der Waals surface area contributed by atoms with Gasteiger partial charge in [-0.15, -0.1) is 0 Å². The van der Waals surface area contributed by atoms with Gasteiger partial charge in [-0.25, -0.2) is 18.1 Å². The van der Waals surface area contributed by atoms with Crippen molar-refractivity contribution in [1.82, 2.24) is 9.21 Å².